The summed E-state index contributed by atoms with van der Waals surface area (Å²) in [4.78, 5) is 4.72. The standard InChI is InChI=1S/C44H81S3/c1-5-9-12-15-18-21-24-27-30-33-36-45-42-39-41(8-4)40-43(46-37-34-31-28-25-22-19-16-13-10-6-2)44(42)47-38-35-32-29-26-23-20-17-14-11-7-3/h39-40H,4-38H2,1-3H3. The zero-order valence-corrected chi connectivity index (χ0v) is 34.6. The molecule has 0 aromatic heterocycles. The summed E-state index contributed by atoms with van der Waals surface area (Å²) in [5.41, 5.74) is 1.43. The summed E-state index contributed by atoms with van der Waals surface area (Å²) in [5.74, 6) is 3.81. The summed E-state index contributed by atoms with van der Waals surface area (Å²) < 4.78 is 0. The zero-order valence-electron chi connectivity index (χ0n) is 32.1. The number of hydrogen-bond acceptors (Lipinski definition) is 3. The Balaban J connectivity index is 2.54. The fraction of sp³-hybridized carbons (Fsp3) is 0.841. The molecular formula is C44H81S3. The molecule has 0 bridgehead atoms. The summed E-state index contributed by atoms with van der Waals surface area (Å²) in [7, 11) is 0. The second-order valence-corrected chi connectivity index (χ2v) is 17.6. The van der Waals surface area contributed by atoms with E-state index in [-0.39, 0.29) is 0 Å². The second kappa shape index (κ2) is 36.1. The molecule has 3 heteroatoms. The van der Waals surface area contributed by atoms with Gasteiger partial charge in [0.2, 0.25) is 0 Å². The summed E-state index contributed by atoms with van der Waals surface area (Å²) in [6.45, 7) is 11.2. The van der Waals surface area contributed by atoms with Crippen LogP contribution in [0.2, 0.25) is 0 Å². The van der Waals surface area contributed by atoms with Crippen molar-refractivity contribution < 1.29 is 0 Å². The van der Waals surface area contributed by atoms with Gasteiger partial charge in [0.05, 0.1) is 0 Å². The van der Waals surface area contributed by atoms with Gasteiger partial charge < -0.3 is 0 Å². The molecule has 1 rings (SSSR count). The molecule has 1 radical (unpaired) electrons. The quantitative estimate of drug-likeness (QED) is 0.0500. The van der Waals surface area contributed by atoms with Crippen molar-refractivity contribution in [3.63, 3.8) is 0 Å². The van der Waals surface area contributed by atoms with Crippen LogP contribution in [0, 0.1) is 6.92 Å². The summed E-state index contributed by atoms with van der Waals surface area (Å²) >= 11 is 6.47. The molecule has 47 heavy (non-hydrogen) atoms. The molecule has 0 atom stereocenters. The number of unbranched alkanes of at least 4 members (excludes halogenated alkanes) is 27. The largest absolute Gasteiger partial charge is 0.125 e. The molecule has 0 aliphatic carbocycles. The minimum atomic E-state index is 0.904. The van der Waals surface area contributed by atoms with Gasteiger partial charge in [0.1, 0.15) is 0 Å². The van der Waals surface area contributed by atoms with E-state index >= 15 is 0 Å². The number of hydrogen-bond donors (Lipinski definition) is 0. The van der Waals surface area contributed by atoms with E-state index in [0.29, 0.717) is 0 Å². The fourth-order valence-electron chi connectivity index (χ4n) is 6.44. The maximum atomic E-state index is 4.30. The van der Waals surface area contributed by atoms with Crippen LogP contribution in [0.15, 0.2) is 26.8 Å². The third-order valence-electron chi connectivity index (χ3n) is 9.62. The monoisotopic (exact) mass is 706 g/mol. The van der Waals surface area contributed by atoms with Gasteiger partial charge in [-0.3, -0.25) is 0 Å². The Morgan fingerprint density at radius 1 is 0.362 bits per heavy atom. The predicted molar refractivity (Wildman–Crippen MR) is 223 cm³/mol. The van der Waals surface area contributed by atoms with Gasteiger partial charge in [-0.25, -0.2) is 0 Å². The van der Waals surface area contributed by atoms with Crippen LogP contribution < -0.4 is 0 Å². The molecule has 1 aromatic carbocycles. The second-order valence-electron chi connectivity index (χ2n) is 14.3. The first kappa shape index (κ1) is 45.3. The van der Waals surface area contributed by atoms with Gasteiger partial charge in [0.25, 0.3) is 0 Å². The van der Waals surface area contributed by atoms with Crippen LogP contribution in [0.3, 0.4) is 0 Å². The molecule has 0 spiro atoms. The molecule has 0 amide bonds. The zero-order chi connectivity index (χ0) is 33.9. The third kappa shape index (κ3) is 27.6. The minimum Gasteiger partial charge on any atom is -0.125 e. The van der Waals surface area contributed by atoms with Gasteiger partial charge in [-0.2, -0.15) is 0 Å². The van der Waals surface area contributed by atoms with Crippen LogP contribution in [-0.2, 0) is 6.42 Å². The molecule has 0 nitrogen and oxygen atoms in total. The highest BCUT2D eigenvalue weighted by Gasteiger charge is 2.13. The molecule has 0 heterocycles. The van der Waals surface area contributed by atoms with Crippen molar-refractivity contribution in [2.45, 2.75) is 235 Å². The van der Waals surface area contributed by atoms with E-state index < -0.39 is 0 Å². The van der Waals surface area contributed by atoms with Crippen molar-refractivity contribution in [2.75, 3.05) is 17.3 Å². The van der Waals surface area contributed by atoms with Crippen LogP contribution in [0.1, 0.15) is 219 Å². The summed E-state index contributed by atoms with van der Waals surface area (Å²) in [6.07, 6.45) is 43.5. The molecular weight excluding hydrogens is 625 g/mol. The number of benzene rings is 1. The van der Waals surface area contributed by atoms with Crippen LogP contribution in [0.25, 0.3) is 0 Å². The molecule has 0 saturated carbocycles. The lowest BCUT2D eigenvalue weighted by atomic mass is 10.1. The van der Waals surface area contributed by atoms with Gasteiger partial charge in [0.15, 0.2) is 0 Å². The normalized spacial score (nSPS) is 11.6. The van der Waals surface area contributed by atoms with Crippen LogP contribution in [-0.4, -0.2) is 17.3 Å². The SMILES string of the molecule is [CH2]Cc1cc(SCCCCCCCCCCCC)c(SCCCCCCCCCCCC)c(SCCCCCCCCCCCC)c1. The highest BCUT2D eigenvalue weighted by atomic mass is 32.2. The Kier molecular flexibility index (Phi) is 34.8. The first-order valence-corrected chi connectivity index (χ1v) is 24.1. The molecule has 0 fully saturated rings. The van der Waals surface area contributed by atoms with Crippen molar-refractivity contribution in [1.29, 1.82) is 0 Å². The Labute approximate surface area is 310 Å². The molecule has 0 N–H and O–H groups in total. The van der Waals surface area contributed by atoms with E-state index in [0.717, 1.165) is 6.42 Å². The molecule has 0 unspecified atom stereocenters. The summed E-state index contributed by atoms with van der Waals surface area (Å²) in [5, 5.41) is 0. The highest BCUT2D eigenvalue weighted by Crippen LogP contribution is 2.41. The lowest BCUT2D eigenvalue weighted by Crippen LogP contribution is -1.94. The van der Waals surface area contributed by atoms with E-state index in [9.17, 15) is 0 Å². The van der Waals surface area contributed by atoms with Crippen molar-refractivity contribution >= 4 is 35.3 Å². The lowest BCUT2D eigenvalue weighted by molar-refractivity contribution is 0.563. The van der Waals surface area contributed by atoms with E-state index in [1.807, 2.05) is 0 Å². The Hall–Kier alpha value is 0.270. The summed E-state index contributed by atoms with van der Waals surface area (Å²) in [6, 6.07) is 5.00. The topological polar surface area (TPSA) is 0 Å². The van der Waals surface area contributed by atoms with Crippen LogP contribution >= 0.6 is 35.3 Å². The lowest BCUT2D eigenvalue weighted by Gasteiger charge is -2.16. The van der Waals surface area contributed by atoms with Crippen molar-refractivity contribution in [1.82, 2.24) is 0 Å². The van der Waals surface area contributed by atoms with Crippen molar-refractivity contribution in [3.8, 4) is 0 Å². The fourth-order valence-corrected chi connectivity index (χ4v) is 10.3. The average molecular weight is 706 g/mol. The Bertz CT molecular complexity index is 728. The molecule has 1 aromatic rings. The van der Waals surface area contributed by atoms with Gasteiger partial charge in [-0.15, -0.1) is 35.3 Å². The van der Waals surface area contributed by atoms with Crippen molar-refractivity contribution in [2.24, 2.45) is 0 Å². The highest BCUT2D eigenvalue weighted by molar-refractivity contribution is 8.03. The molecule has 275 valence electrons. The molecule has 0 aliphatic heterocycles. The van der Waals surface area contributed by atoms with Gasteiger partial charge in [0, 0.05) is 14.7 Å². The van der Waals surface area contributed by atoms with E-state index in [4.69, 9.17) is 0 Å². The first-order valence-electron chi connectivity index (χ1n) is 21.1. The maximum absolute atomic E-state index is 4.30. The van der Waals surface area contributed by atoms with E-state index in [1.54, 1.807) is 14.7 Å². The van der Waals surface area contributed by atoms with Crippen LogP contribution in [0.4, 0.5) is 0 Å². The smallest absolute Gasteiger partial charge is 0.0344 e. The van der Waals surface area contributed by atoms with Crippen LogP contribution in [0.5, 0.6) is 0 Å². The minimum absolute atomic E-state index is 0.904. The van der Waals surface area contributed by atoms with E-state index in [2.05, 4.69) is 75.1 Å². The predicted octanol–water partition coefficient (Wildman–Crippen LogP) is 17.1. The third-order valence-corrected chi connectivity index (χ3v) is 13.4. The van der Waals surface area contributed by atoms with Gasteiger partial charge in [-0.05, 0) is 67.6 Å². The van der Waals surface area contributed by atoms with E-state index in [1.165, 1.54) is 215 Å². The molecule has 0 saturated heterocycles. The van der Waals surface area contributed by atoms with Gasteiger partial charge >= 0.3 is 0 Å². The van der Waals surface area contributed by atoms with Gasteiger partial charge in [-0.1, -0.05) is 194 Å². The molecule has 0 aliphatic rings. The maximum Gasteiger partial charge on any atom is 0.0344 e. The average Bonchev–Trinajstić information content (AvgIpc) is 3.09. The number of rotatable bonds is 37. The first-order chi connectivity index (χ1) is 23.3. The number of thioether (sulfide) groups is 3. The van der Waals surface area contributed by atoms with Crippen molar-refractivity contribution in [3.05, 3.63) is 24.6 Å². The Morgan fingerprint density at radius 3 is 0.894 bits per heavy atom. The Morgan fingerprint density at radius 2 is 0.617 bits per heavy atom.